The fourth-order valence-electron chi connectivity index (χ4n) is 3.81. The predicted molar refractivity (Wildman–Crippen MR) is 156 cm³/mol. The maximum Gasteiger partial charge on any atom is 0.408 e. The number of hydrogen-bond donors (Lipinski definition) is 2. The standard InChI is InChI=1S/C31H34N2O8S/c1-22-14-16-26(17-15-22)42(37,38)33-23(2)28(18-19-29(34)39-3)41-30(35)27(20-24-10-6-4-7-11-24)32-31(36)40-21-25-12-8-5-9-13-25/h4-19,23,27-28,33H,20-21H2,1-3H3,(H,32,36)/b19-18+/t23-,27-,28-/m0/s1. The molecule has 0 spiro atoms. The van der Waals surface area contributed by atoms with Gasteiger partial charge in [-0.25, -0.2) is 27.5 Å². The Morgan fingerprint density at radius 2 is 1.48 bits per heavy atom. The van der Waals surface area contributed by atoms with Gasteiger partial charge in [0.15, 0.2) is 0 Å². The van der Waals surface area contributed by atoms with Gasteiger partial charge in [-0.3, -0.25) is 0 Å². The van der Waals surface area contributed by atoms with Crippen LogP contribution < -0.4 is 10.0 Å². The lowest BCUT2D eigenvalue weighted by atomic mass is 10.1. The number of methoxy groups -OCH3 is 1. The molecule has 0 fully saturated rings. The molecule has 0 heterocycles. The van der Waals surface area contributed by atoms with Crippen molar-refractivity contribution in [2.24, 2.45) is 0 Å². The molecule has 3 aromatic carbocycles. The molecule has 0 unspecified atom stereocenters. The second kappa shape index (κ2) is 15.5. The summed E-state index contributed by atoms with van der Waals surface area (Å²) in [5.74, 6) is -1.59. The second-order valence-corrected chi connectivity index (χ2v) is 11.2. The Hall–Kier alpha value is -4.48. The molecule has 10 nitrogen and oxygen atoms in total. The zero-order valence-corrected chi connectivity index (χ0v) is 24.4. The number of amides is 1. The number of nitrogens with one attached hydrogen (secondary N) is 2. The molecule has 0 radical (unpaired) electrons. The van der Waals surface area contributed by atoms with E-state index < -0.39 is 46.2 Å². The SMILES string of the molecule is COC(=O)/C=C/[C@H](OC(=O)[C@H](Cc1ccccc1)NC(=O)OCc1ccccc1)[C@H](C)NS(=O)(=O)c1ccc(C)cc1. The second-order valence-electron chi connectivity index (χ2n) is 9.46. The summed E-state index contributed by atoms with van der Waals surface area (Å²) >= 11 is 0. The van der Waals surface area contributed by atoms with E-state index in [2.05, 4.69) is 14.8 Å². The van der Waals surface area contributed by atoms with E-state index in [0.29, 0.717) is 0 Å². The summed E-state index contributed by atoms with van der Waals surface area (Å²) in [7, 11) is -2.83. The number of alkyl carbamates (subject to hydrolysis) is 1. The first kappa shape index (κ1) is 32.0. The number of carbonyl (C=O) groups excluding carboxylic acids is 3. The number of ether oxygens (including phenoxy) is 3. The molecule has 1 amide bonds. The molecule has 0 saturated heterocycles. The zero-order chi connectivity index (χ0) is 30.5. The van der Waals surface area contributed by atoms with Gasteiger partial charge in [-0.1, -0.05) is 78.4 Å². The summed E-state index contributed by atoms with van der Waals surface area (Å²) in [5.41, 5.74) is 2.38. The van der Waals surface area contributed by atoms with Crippen molar-refractivity contribution in [3.8, 4) is 0 Å². The lowest BCUT2D eigenvalue weighted by molar-refractivity contribution is -0.150. The third-order valence-electron chi connectivity index (χ3n) is 6.11. The van der Waals surface area contributed by atoms with Crippen LogP contribution in [-0.2, 0) is 46.9 Å². The van der Waals surface area contributed by atoms with E-state index in [1.165, 1.54) is 32.2 Å². The highest BCUT2D eigenvalue weighted by Crippen LogP contribution is 2.14. The highest BCUT2D eigenvalue weighted by Gasteiger charge is 2.30. The normalized spacial score (nSPS) is 13.5. The minimum Gasteiger partial charge on any atom is -0.466 e. The van der Waals surface area contributed by atoms with Crippen LogP contribution in [0.4, 0.5) is 4.79 Å². The van der Waals surface area contributed by atoms with Crippen LogP contribution in [0.1, 0.15) is 23.6 Å². The van der Waals surface area contributed by atoms with Gasteiger partial charge >= 0.3 is 18.0 Å². The van der Waals surface area contributed by atoms with Crippen molar-refractivity contribution in [2.45, 2.75) is 50.0 Å². The Morgan fingerprint density at radius 1 is 0.881 bits per heavy atom. The van der Waals surface area contributed by atoms with Crippen molar-refractivity contribution in [1.29, 1.82) is 0 Å². The fourth-order valence-corrected chi connectivity index (χ4v) is 5.07. The first-order chi connectivity index (χ1) is 20.1. The minimum atomic E-state index is -4.00. The van der Waals surface area contributed by atoms with Crippen LogP contribution in [0.15, 0.2) is 102 Å². The van der Waals surface area contributed by atoms with Gasteiger partial charge in [-0.2, -0.15) is 0 Å². The highest BCUT2D eigenvalue weighted by molar-refractivity contribution is 7.89. The molecule has 3 rings (SSSR count). The number of esters is 2. The zero-order valence-electron chi connectivity index (χ0n) is 23.6. The molecule has 0 bridgehead atoms. The van der Waals surface area contributed by atoms with Crippen LogP contribution in [0.25, 0.3) is 0 Å². The van der Waals surface area contributed by atoms with Crippen LogP contribution in [0.5, 0.6) is 0 Å². The number of benzene rings is 3. The minimum absolute atomic E-state index is 0.0118. The molecule has 3 aromatic rings. The summed E-state index contributed by atoms with van der Waals surface area (Å²) in [4.78, 5) is 37.9. The van der Waals surface area contributed by atoms with Gasteiger partial charge in [0, 0.05) is 12.5 Å². The van der Waals surface area contributed by atoms with Gasteiger partial charge < -0.3 is 19.5 Å². The summed E-state index contributed by atoms with van der Waals surface area (Å²) in [6.07, 6.45) is 0.238. The van der Waals surface area contributed by atoms with E-state index >= 15 is 0 Å². The quantitative estimate of drug-likeness (QED) is 0.173. The Bertz CT molecular complexity index is 1460. The molecule has 11 heteroatoms. The maximum absolute atomic E-state index is 13.4. The fraction of sp³-hybridized carbons (Fsp3) is 0.258. The van der Waals surface area contributed by atoms with Crippen LogP contribution >= 0.6 is 0 Å². The number of rotatable bonds is 13. The van der Waals surface area contributed by atoms with Gasteiger partial charge in [-0.05, 0) is 43.2 Å². The molecule has 0 aliphatic rings. The maximum atomic E-state index is 13.4. The highest BCUT2D eigenvalue weighted by atomic mass is 32.2. The van der Waals surface area contributed by atoms with Crippen molar-refractivity contribution in [3.05, 3.63) is 114 Å². The largest absolute Gasteiger partial charge is 0.466 e. The van der Waals surface area contributed by atoms with Crippen LogP contribution in [0, 0.1) is 6.92 Å². The van der Waals surface area contributed by atoms with E-state index in [-0.39, 0.29) is 17.9 Å². The molecule has 3 atom stereocenters. The third kappa shape index (κ3) is 10.2. The Kier molecular flexibility index (Phi) is 11.8. The van der Waals surface area contributed by atoms with E-state index in [9.17, 15) is 22.8 Å². The van der Waals surface area contributed by atoms with Gasteiger partial charge in [-0.15, -0.1) is 0 Å². The molecule has 0 saturated carbocycles. The molecule has 0 aliphatic carbocycles. The molecule has 42 heavy (non-hydrogen) atoms. The van der Waals surface area contributed by atoms with Crippen LogP contribution in [0.3, 0.4) is 0 Å². The van der Waals surface area contributed by atoms with Crippen molar-refractivity contribution in [1.82, 2.24) is 10.0 Å². The average Bonchev–Trinajstić information content (AvgIpc) is 2.98. The van der Waals surface area contributed by atoms with Crippen molar-refractivity contribution in [2.75, 3.05) is 7.11 Å². The summed E-state index contributed by atoms with van der Waals surface area (Å²) in [6, 6.07) is 22.0. The molecule has 0 aliphatic heterocycles. The number of hydrogen-bond acceptors (Lipinski definition) is 8. The first-order valence-corrected chi connectivity index (χ1v) is 14.6. The van der Waals surface area contributed by atoms with E-state index in [4.69, 9.17) is 9.47 Å². The molecular weight excluding hydrogens is 560 g/mol. The summed E-state index contributed by atoms with van der Waals surface area (Å²) in [6.45, 7) is 3.30. The molecular formula is C31H34N2O8S. The average molecular weight is 595 g/mol. The topological polar surface area (TPSA) is 137 Å². The van der Waals surface area contributed by atoms with Crippen molar-refractivity contribution >= 4 is 28.1 Å². The number of sulfonamides is 1. The predicted octanol–water partition coefficient (Wildman–Crippen LogP) is 3.84. The van der Waals surface area contributed by atoms with E-state index in [1.54, 1.807) is 48.5 Å². The molecule has 0 aromatic heterocycles. The third-order valence-corrected chi connectivity index (χ3v) is 7.69. The Labute approximate surface area is 245 Å². The monoisotopic (exact) mass is 594 g/mol. The van der Waals surface area contributed by atoms with Crippen LogP contribution in [-0.4, -0.2) is 51.7 Å². The number of aryl methyl sites for hydroxylation is 1. The molecule has 222 valence electrons. The van der Waals surface area contributed by atoms with E-state index in [1.807, 2.05) is 31.2 Å². The van der Waals surface area contributed by atoms with Crippen molar-refractivity contribution in [3.63, 3.8) is 0 Å². The van der Waals surface area contributed by atoms with Crippen molar-refractivity contribution < 1.29 is 37.0 Å². The number of carbonyl (C=O) groups is 3. The van der Waals surface area contributed by atoms with Gasteiger partial charge in [0.05, 0.1) is 18.0 Å². The summed E-state index contributed by atoms with van der Waals surface area (Å²) in [5, 5.41) is 2.55. The lowest BCUT2D eigenvalue weighted by Gasteiger charge is -2.25. The smallest absolute Gasteiger partial charge is 0.408 e. The Balaban J connectivity index is 1.79. The lowest BCUT2D eigenvalue weighted by Crippen LogP contribution is -2.48. The van der Waals surface area contributed by atoms with Gasteiger partial charge in [0.25, 0.3) is 0 Å². The van der Waals surface area contributed by atoms with Gasteiger partial charge in [0.1, 0.15) is 18.8 Å². The van der Waals surface area contributed by atoms with E-state index in [0.717, 1.165) is 22.8 Å². The van der Waals surface area contributed by atoms with Crippen LogP contribution in [0.2, 0.25) is 0 Å². The summed E-state index contributed by atoms with van der Waals surface area (Å²) < 4.78 is 44.1. The van der Waals surface area contributed by atoms with Gasteiger partial charge in [0.2, 0.25) is 10.0 Å². The Morgan fingerprint density at radius 3 is 2.07 bits per heavy atom. The molecule has 2 N–H and O–H groups in total. The first-order valence-electron chi connectivity index (χ1n) is 13.1.